The van der Waals surface area contributed by atoms with E-state index in [1.165, 1.54) is 0 Å². The van der Waals surface area contributed by atoms with Crippen molar-refractivity contribution in [2.24, 2.45) is 10.2 Å². The molecule has 3 aromatic rings. The van der Waals surface area contributed by atoms with Crippen molar-refractivity contribution >= 4 is 17.2 Å². The molecule has 0 radical (unpaired) electrons. The molecular formula is C22H18N2O2. The quantitative estimate of drug-likeness (QED) is 0.422. The van der Waals surface area contributed by atoms with Gasteiger partial charge in [0.05, 0.1) is 5.71 Å². The number of carbonyl (C=O) groups excluding carboxylic acids is 1. The zero-order valence-corrected chi connectivity index (χ0v) is 14.3. The number of carbonyl (C=O) groups is 1. The molecule has 0 amide bonds. The first kappa shape index (κ1) is 17.3. The van der Waals surface area contributed by atoms with Crippen LogP contribution in [-0.2, 0) is 0 Å². The highest BCUT2D eigenvalue weighted by atomic mass is 16.3. The lowest BCUT2D eigenvalue weighted by Crippen LogP contribution is -2.15. The molecule has 4 nitrogen and oxygen atoms in total. The van der Waals surface area contributed by atoms with E-state index in [9.17, 15) is 9.90 Å². The van der Waals surface area contributed by atoms with E-state index in [0.717, 1.165) is 5.56 Å². The van der Waals surface area contributed by atoms with Crippen LogP contribution >= 0.6 is 0 Å². The van der Waals surface area contributed by atoms with Gasteiger partial charge in [-0.3, -0.25) is 4.79 Å². The molecular weight excluding hydrogens is 324 g/mol. The number of aromatic hydroxyl groups is 1. The molecule has 0 aromatic heterocycles. The Bertz CT molecular complexity index is 944. The molecule has 128 valence electrons. The number of phenolic OH excluding ortho intramolecular Hbond substituents is 1. The molecule has 0 saturated carbocycles. The van der Waals surface area contributed by atoms with Gasteiger partial charge < -0.3 is 5.11 Å². The molecule has 0 fully saturated rings. The lowest BCUT2D eigenvalue weighted by molar-refractivity contribution is 0.106. The van der Waals surface area contributed by atoms with E-state index in [-0.39, 0.29) is 17.2 Å². The second-order valence-electron chi connectivity index (χ2n) is 5.74. The standard InChI is InChI=1S/C22H18N2O2/c1-16(17-12-14-20(25)15-13-17)23-24-21(18-8-4-2-5-9-18)22(26)19-10-6-3-7-11-19/h2-15,25H,1H3/b23-16+,24-21-. The molecule has 0 heterocycles. The Kier molecular flexibility index (Phi) is 5.34. The first-order chi connectivity index (χ1) is 12.6. The minimum Gasteiger partial charge on any atom is -0.508 e. The molecule has 0 unspecified atom stereocenters. The molecule has 0 spiro atoms. The number of hydrogen-bond donors (Lipinski definition) is 1. The summed E-state index contributed by atoms with van der Waals surface area (Å²) in [5.74, 6) is 0.00772. The van der Waals surface area contributed by atoms with E-state index < -0.39 is 0 Å². The van der Waals surface area contributed by atoms with Gasteiger partial charge in [0.25, 0.3) is 0 Å². The van der Waals surface area contributed by atoms with Crippen molar-refractivity contribution in [2.45, 2.75) is 6.92 Å². The van der Waals surface area contributed by atoms with Gasteiger partial charge in [0.1, 0.15) is 11.5 Å². The molecule has 0 saturated heterocycles. The van der Waals surface area contributed by atoms with Crippen molar-refractivity contribution in [1.82, 2.24) is 0 Å². The minimum absolute atomic E-state index is 0.181. The fourth-order valence-electron chi connectivity index (χ4n) is 2.44. The highest BCUT2D eigenvalue weighted by molar-refractivity contribution is 6.51. The van der Waals surface area contributed by atoms with Gasteiger partial charge in [0.2, 0.25) is 5.78 Å². The van der Waals surface area contributed by atoms with E-state index in [1.807, 2.05) is 55.5 Å². The van der Waals surface area contributed by atoms with Gasteiger partial charge in [-0.05, 0) is 36.8 Å². The van der Waals surface area contributed by atoms with E-state index in [4.69, 9.17) is 0 Å². The third kappa shape index (κ3) is 4.11. The third-order valence-corrected chi connectivity index (χ3v) is 3.88. The van der Waals surface area contributed by atoms with Gasteiger partial charge in [-0.2, -0.15) is 5.10 Å². The second-order valence-corrected chi connectivity index (χ2v) is 5.74. The first-order valence-electron chi connectivity index (χ1n) is 8.22. The minimum atomic E-state index is -0.181. The van der Waals surface area contributed by atoms with Crippen LogP contribution in [0.4, 0.5) is 0 Å². The topological polar surface area (TPSA) is 62.0 Å². The molecule has 4 heteroatoms. The van der Waals surface area contributed by atoms with Crippen LogP contribution in [0.15, 0.2) is 95.1 Å². The molecule has 0 aliphatic heterocycles. The van der Waals surface area contributed by atoms with Gasteiger partial charge in [-0.25, -0.2) is 0 Å². The van der Waals surface area contributed by atoms with Crippen molar-refractivity contribution in [1.29, 1.82) is 0 Å². The highest BCUT2D eigenvalue weighted by Crippen LogP contribution is 2.12. The maximum atomic E-state index is 12.9. The van der Waals surface area contributed by atoms with Gasteiger partial charge >= 0.3 is 0 Å². The Balaban J connectivity index is 2.00. The van der Waals surface area contributed by atoms with Gasteiger partial charge in [0, 0.05) is 11.1 Å². The van der Waals surface area contributed by atoms with Crippen LogP contribution in [-0.4, -0.2) is 22.3 Å². The number of ketones is 1. The van der Waals surface area contributed by atoms with Crippen LogP contribution < -0.4 is 0 Å². The van der Waals surface area contributed by atoms with Crippen molar-refractivity contribution in [3.63, 3.8) is 0 Å². The maximum Gasteiger partial charge on any atom is 0.213 e. The summed E-state index contributed by atoms with van der Waals surface area (Å²) in [7, 11) is 0. The smallest absolute Gasteiger partial charge is 0.213 e. The Morgan fingerprint density at radius 2 is 1.23 bits per heavy atom. The van der Waals surface area contributed by atoms with Crippen LogP contribution in [0, 0.1) is 0 Å². The average Bonchev–Trinajstić information content (AvgIpc) is 2.70. The Morgan fingerprint density at radius 3 is 1.81 bits per heavy atom. The number of phenols is 1. The van der Waals surface area contributed by atoms with Crippen molar-refractivity contribution < 1.29 is 9.90 Å². The largest absolute Gasteiger partial charge is 0.508 e. The monoisotopic (exact) mass is 342 g/mol. The van der Waals surface area contributed by atoms with Crippen molar-refractivity contribution in [3.05, 3.63) is 102 Å². The van der Waals surface area contributed by atoms with Crippen LogP contribution in [0.5, 0.6) is 5.75 Å². The predicted molar refractivity (Wildman–Crippen MR) is 104 cm³/mol. The molecule has 0 atom stereocenters. The maximum absolute atomic E-state index is 12.9. The molecule has 0 aliphatic rings. The zero-order chi connectivity index (χ0) is 18.4. The summed E-state index contributed by atoms with van der Waals surface area (Å²) in [6.07, 6.45) is 0. The summed E-state index contributed by atoms with van der Waals surface area (Å²) < 4.78 is 0. The predicted octanol–water partition coefficient (Wildman–Crippen LogP) is 4.49. The zero-order valence-electron chi connectivity index (χ0n) is 14.3. The second kappa shape index (κ2) is 8.03. The summed E-state index contributed by atoms with van der Waals surface area (Å²) in [4.78, 5) is 12.9. The Labute approximate surface area is 152 Å². The molecule has 0 bridgehead atoms. The fourth-order valence-corrected chi connectivity index (χ4v) is 2.44. The van der Waals surface area contributed by atoms with Crippen LogP contribution in [0.3, 0.4) is 0 Å². The summed E-state index contributed by atoms with van der Waals surface area (Å²) in [6, 6.07) is 25.0. The summed E-state index contributed by atoms with van der Waals surface area (Å²) >= 11 is 0. The molecule has 26 heavy (non-hydrogen) atoms. The first-order valence-corrected chi connectivity index (χ1v) is 8.22. The molecule has 0 aliphatic carbocycles. The SMILES string of the molecule is C/C(=N\N=C(/C(=O)c1ccccc1)c1ccccc1)c1ccc(O)cc1. The highest BCUT2D eigenvalue weighted by Gasteiger charge is 2.16. The molecule has 3 aromatic carbocycles. The summed E-state index contributed by atoms with van der Waals surface area (Å²) in [5.41, 5.74) is 3.04. The number of Topliss-reactive ketones (excluding diaryl/α,β-unsaturated/α-hetero) is 1. The number of nitrogens with zero attached hydrogens (tertiary/aromatic N) is 2. The van der Waals surface area contributed by atoms with E-state index in [1.54, 1.807) is 36.4 Å². The van der Waals surface area contributed by atoms with E-state index in [0.29, 0.717) is 16.8 Å². The third-order valence-electron chi connectivity index (χ3n) is 3.88. The van der Waals surface area contributed by atoms with E-state index >= 15 is 0 Å². The number of hydrogen-bond acceptors (Lipinski definition) is 4. The number of benzene rings is 3. The molecule has 1 N–H and O–H groups in total. The van der Waals surface area contributed by atoms with Gasteiger partial charge in [-0.1, -0.05) is 60.7 Å². The number of rotatable bonds is 5. The molecule has 3 rings (SSSR count). The summed E-state index contributed by atoms with van der Waals surface area (Å²) in [6.45, 7) is 1.81. The normalized spacial score (nSPS) is 12.0. The van der Waals surface area contributed by atoms with Crippen molar-refractivity contribution in [3.8, 4) is 5.75 Å². The lowest BCUT2D eigenvalue weighted by Gasteiger charge is -2.05. The fraction of sp³-hybridized carbons (Fsp3) is 0.0455. The van der Waals surface area contributed by atoms with Crippen LogP contribution in [0.2, 0.25) is 0 Å². The Morgan fingerprint density at radius 1 is 0.692 bits per heavy atom. The van der Waals surface area contributed by atoms with Gasteiger partial charge in [0.15, 0.2) is 0 Å². The van der Waals surface area contributed by atoms with Crippen LogP contribution in [0.25, 0.3) is 0 Å². The summed E-state index contributed by atoms with van der Waals surface area (Å²) in [5, 5.41) is 17.9. The Hall–Kier alpha value is -3.53. The van der Waals surface area contributed by atoms with Crippen LogP contribution in [0.1, 0.15) is 28.4 Å². The van der Waals surface area contributed by atoms with Crippen molar-refractivity contribution in [2.75, 3.05) is 0 Å². The lowest BCUT2D eigenvalue weighted by atomic mass is 10.0. The van der Waals surface area contributed by atoms with Gasteiger partial charge in [-0.15, -0.1) is 5.10 Å². The average molecular weight is 342 g/mol. The van der Waals surface area contributed by atoms with E-state index in [2.05, 4.69) is 10.2 Å².